The van der Waals surface area contributed by atoms with Gasteiger partial charge in [-0.3, -0.25) is 4.79 Å². The second-order valence-electron chi connectivity index (χ2n) is 5.69. The zero-order valence-corrected chi connectivity index (χ0v) is 12.9. The lowest BCUT2D eigenvalue weighted by atomic mass is 9.91. The molecule has 2 amide bonds. The molecule has 114 valence electrons. The van der Waals surface area contributed by atoms with Crippen molar-refractivity contribution in [1.82, 2.24) is 4.90 Å². The van der Waals surface area contributed by atoms with E-state index in [-0.39, 0.29) is 18.5 Å². The Morgan fingerprint density at radius 1 is 1.38 bits per heavy atom. The molecule has 1 aromatic carbocycles. The van der Waals surface area contributed by atoms with Crippen molar-refractivity contribution in [3.63, 3.8) is 0 Å². The molecule has 2 atom stereocenters. The van der Waals surface area contributed by atoms with E-state index < -0.39 is 11.9 Å². The quantitative estimate of drug-likeness (QED) is 0.881. The Kier molecular flexibility index (Phi) is 4.73. The Morgan fingerprint density at radius 3 is 2.71 bits per heavy atom. The number of amides is 2. The van der Waals surface area contributed by atoms with Gasteiger partial charge in [0.2, 0.25) is 0 Å². The molecule has 1 aliphatic rings. The minimum absolute atomic E-state index is 0.166. The highest BCUT2D eigenvalue weighted by Gasteiger charge is 2.32. The molecule has 0 saturated carbocycles. The highest BCUT2D eigenvalue weighted by molar-refractivity contribution is 6.33. The van der Waals surface area contributed by atoms with Gasteiger partial charge < -0.3 is 15.3 Å². The van der Waals surface area contributed by atoms with E-state index in [1.807, 2.05) is 19.9 Å². The number of halogens is 1. The van der Waals surface area contributed by atoms with Gasteiger partial charge in [0.25, 0.3) is 0 Å². The Hall–Kier alpha value is -1.75. The maximum absolute atomic E-state index is 12.3. The molecule has 1 heterocycles. The van der Waals surface area contributed by atoms with Crippen molar-refractivity contribution in [2.24, 2.45) is 11.8 Å². The number of carbonyl (C=O) groups is 2. The molecule has 0 radical (unpaired) electrons. The SMILES string of the molecule is Cc1ccc(NC(=O)N2CC(C)CC(C(=O)O)C2)c(Cl)c1. The summed E-state index contributed by atoms with van der Waals surface area (Å²) in [5.74, 6) is -1.19. The molecule has 2 N–H and O–H groups in total. The maximum Gasteiger partial charge on any atom is 0.321 e. The fourth-order valence-corrected chi connectivity index (χ4v) is 2.89. The number of carboxylic acids is 1. The van der Waals surface area contributed by atoms with E-state index in [9.17, 15) is 9.59 Å². The van der Waals surface area contributed by atoms with Crippen LogP contribution in [0.3, 0.4) is 0 Å². The van der Waals surface area contributed by atoms with E-state index in [2.05, 4.69) is 5.32 Å². The summed E-state index contributed by atoms with van der Waals surface area (Å²) in [5.41, 5.74) is 1.55. The van der Waals surface area contributed by atoms with Gasteiger partial charge >= 0.3 is 12.0 Å². The number of aryl methyl sites for hydroxylation is 1. The minimum atomic E-state index is -0.854. The van der Waals surface area contributed by atoms with Crippen LogP contribution in [0.15, 0.2) is 18.2 Å². The lowest BCUT2D eigenvalue weighted by Gasteiger charge is -2.34. The van der Waals surface area contributed by atoms with Gasteiger partial charge in [0.1, 0.15) is 0 Å². The van der Waals surface area contributed by atoms with E-state index in [0.717, 1.165) is 5.56 Å². The average Bonchev–Trinajstić information content (AvgIpc) is 2.41. The Bertz CT molecular complexity index is 562. The van der Waals surface area contributed by atoms with Crippen LogP contribution in [-0.2, 0) is 4.79 Å². The fourth-order valence-electron chi connectivity index (χ4n) is 2.61. The highest BCUT2D eigenvalue weighted by Crippen LogP contribution is 2.25. The Morgan fingerprint density at radius 2 is 2.10 bits per heavy atom. The molecule has 2 unspecified atom stereocenters. The number of likely N-dealkylation sites (tertiary alicyclic amines) is 1. The number of nitrogens with zero attached hydrogens (tertiary/aromatic N) is 1. The molecule has 1 fully saturated rings. The number of carbonyl (C=O) groups excluding carboxylic acids is 1. The molecule has 1 aromatic rings. The van der Waals surface area contributed by atoms with Crippen LogP contribution in [0, 0.1) is 18.8 Å². The van der Waals surface area contributed by atoms with Crippen molar-refractivity contribution in [1.29, 1.82) is 0 Å². The molecule has 0 aromatic heterocycles. The molecule has 0 aliphatic carbocycles. The van der Waals surface area contributed by atoms with Crippen LogP contribution in [0.1, 0.15) is 18.9 Å². The first kappa shape index (κ1) is 15.6. The highest BCUT2D eigenvalue weighted by atomic mass is 35.5. The third kappa shape index (κ3) is 3.88. The van der Waals surface area contributed by atoms with Crippen LogP contribution >= 0.6 is 11.6 Å². The maximum atomic E-state index is 12.3. The van der Waals surface area contributed by atoms with Gasteiger partial charge in [-0.05, 0) is 37.0 Å². The number of hydrogen-bond donors (Lipinski definition) is 2. The van der Waals surface area contributed by atoms with Crippen LogP contribution < -0.4 is 5.32 Å². The molecule has 21 heavy (non-hydrogen) atoms. The normalized spacial score (nSPS) is 22.0. The molecule has 0 bridgehead atoms. The van der Waals surface area contributed by atoms with Gasteiger partial charge in [-0.15, -0.1) is 0 Å². The summed E-state index contributed by atoms with van der Waals surface area (Å²) < 4.78 is 0. The summed E-state index contributed by atoms with van der Waals surface area (Å²) in [7, 11) is 0. The monoisotopic (exact) mass is 310 g/mol. The van der Waals surface area contributed by atoms with Crippen LogP contribution in [-0.4, -0.2) is 35.1 Å². The standard InChI is InChI=1S/C15H19ClN2O3/c1-9-3-4-13(12(16)6-9)17-15(21)18-7-10(2)5-11(8-18)14(19)20/h3-4,6,10-11H,5,7-8H2,1-2H3,(H,17,21)(H,19,20). The van der Waals surface area contributed by atoms with Crippen molar-refractivity contribution >= 4 is 29.3 Å². The van der Waals surface area contributed by atoms with Crippen LogP contribution in [0.2, 0.25) is 5.02 Å². The van der Waals surface area contributed by atoms with E-state index in [4.69, 9.17) is 16.7 Å². The van der Waals surface area contributed by atoms with Crippen LogP contribution in [0.5, 0.6) is 0 Å². The van der Waals surface area contributed by atoms with Crippen LogP contribution in [0.25, 0.3) is 0 Å². The Balaban J connectivity index is 2.07. The first-order valence-electron chi connectivity index (χ1n) is 6.91. The number of hydrogen-bond acceptors (Lipinski definition) is 2. The summed E-state index contributed by atoms with van der Waals surface area (Å²) >= 11 is 6.09. The number of rotatable bonds is 2. The van der Waals surface area contributed by atoms with Gasteiger partial charge in [-0.2, -0.15) is 0 Å². The molecule has 5 nitrogen and oxygen atoms in total. The lowest BCUT2D eigenvalue weighted by Crippen LogP contribution is -2.47. The molecule has 0 spiro atoms. The van der Waals surface area contributed by atoms with Crippen molar-refractivity contribution < 1.29 is 14.7 Å². The average molecular weight is 311 g/mol. The predicted molar refractivity (Wildman–Crippen MR) is 81.7 cm³/mol. The van der Waals surface area contributed by atoms with Crippen molar-refractivity contribution in [2.45, 2.75) is 20.3 Å². The molecule has 2 rings (SSSR count). The van der Waals surface area contributed by atoms with Gasteiger partial charge in [-0.1, -0.05) is 24.6 Å². The summed E-state index contributed by atoms with van der Waals surface area (Å²) in [6.45, 7) is 4.66. The topological polar surface area (TPSA) is 69.6 Å². The van der Waals surface area contributed by atoms with Crippen molar-refractivity contribution in [2.75, 3.05) is 18.4 Å². The van der Waals surface area contributed by atoms with Gasteiger partial charge in [0.05, 0.1) is 16.6 Å². The zero-order chi connectivity index (χ0) is 15.6. The number of benzene rings is 1. The van der Waals surface area contributed by atoms with Gasteiger partial charge in [-0.25, -0.2) is 4.79 Å². The minimum Gasteiger partial charge on any atom is -0.481 e. The summed E-state index contributed by atoms with van der Waals surface area (Å²) in [6.07, 6.45) is 0.602. The largest absolute Gasteiger partial charge is 0.481 e. The molecule has 1 aliphatic heterocycles. The summed E-state index contributed by atoms with van der Waals surface area (Å²) in [5, 5.41) is 12.4. The number of anilines is 1. The van der Waals surface area contributed by atoms with Crippen molar-refractivity contribution in [3.8, 4) is 0 Å². The van der Waals surface area contributed by atoms with E-state index in [0.29, 0.717) is 23.7 Å². The molecule has 6 heteroatoms. The number of aliphatic carboxylic acids is 1. The Labute approximate surface area is 128 Å². The first-order chi connectivity index (χ1) is 9.86. The van der Waals surface area contributed by atoms with Crippen molar-refractivity contribution in [3.05, 3.63) is 28.8 Å². The number of nitrogens with one attached hydrogen (secondary N) is 1. The zero-order valence-electron chi connectivity index (χ0n) is 12.1. The second kappa shape index (κ2) is 6.35. The number of carboxylic acid groups (broad SMARTS) is 1. The molecule has 1 saturated heterocycles. The van der Waals surface area contributed by atoms with E-state index in [1.165, 1.54) is 0 Å². The third-order valence-corrected chi connectivity index (χ3v) is 3.98. The van der Waals surface area contributed by atoms with Gasteiger partial charge in [0.15, 0.2) is 0 Å². The molecular formula is C15H19ClN2O3. The van der Waals surface area contributed by atoms with Gasteiger partial charge in [0, 0.05) is 13.1 Å². The third-order valence-electron chi connectivity index (χ3n) is 3.66. The summed E-state index contributed by atoms with van der Waals surface area (Å²) in [4.78, 5) is 25.0. The fraction of sp³-hybridized carbons (Fsp3) is 0.467. The smallest absolute Gasteiger partial charge is 0.321 e. The van der Waals surface area contributed by atoms with E-state index >= 15 is 0 Å². The van der Waals surface area contributed by atoms with Crippen LogP contribution in [0.4, 0.5) is 10.5 Å². The predicted octanol–water partition coefficient (Wildman–Crippen LogP) is 3.22. The number of piperidine rings is 1. The number of urea groups is 1. The summed E-state index contributed by atoms with van der Waals surface area (Å²) in [6, 6.07) is 5.08. The first-order valence-corrected chi connectivity index (χ1v) is 7.29. The van der Waals surface area contributed by atoms with E-state index in [1.54, 1.807) is 17.0 Å². The molecular weight excluding hydrogens is 292 g/mol. The second-order valence-corrected chi connectivity index (χ2v) is 6.10. The lowest BCUT2D eigenvalue weighted by molar-refractivity contribution is -0.143.